The number of amides is 1. The van der Waals surface area contributed by atoms with Gasteiger partial charge in [0.2, 0.25) is 0 Å². The average Bonchev–Trinajstić information content (AvgIpc) is 3.35. The number of halogens is 1. The maximum absolute atomic E-state index is 11.7. The monoisotopic (exact) mass is 802 g/mol. The van der Waals surface area contributed by atoms with Crippen LogP contribution in [0.15, 0.2) is 38.0 Å². The zero-order valence-electron chi connectivity index (χ0n) is 22.3. The first-order valence-electron chi connectivity index (χ1n) is 12.1. The Bertz CT molecular complexity index is 1490. The van der Waals surface area contributed by atoms with Crippen molar-refractivity contribution in [3.8, 4) is 0 Å². The molecular weight excluding hydrogens is 769 g/mol. The first kappa shape index (κ1) is 39.3. The van der Waals surface area contributed by atoms with E-state index in [0.29, 0.717) is 3.58 Å². The van der Waals surface area contributed by atoms with Crippen LogP contribution in [0.4, 0.5) is 0 Å². The van der Waals surface area contributed by atoms with Crippen molar-refractivity contribution in [2.45, 2.75) is 63.4 Å². The van der Waals surface area contributed by atoms with Crippen LogP contribution in [0.3, 0.4) is 0 Å². The number of hydrogen-bond donors (Lipinski definition) is 10. The summed E-state index contributed by atoms with van der Waals surface area (Å²) in [5, 5.41) is 42.1. The van der Waals surface area contributed by atoms with Gasteiger partial charge in [-0.3, -0.25) is 28.2 Å². The predicted octanol–water partition coefficient (Wildman–Crippen LogP) is -3.07. The molecule has 0 saturated carbocycles. The third kappa shape index (κ3) is 10.1. The van der Waals surface area contributed by atoms with E-state index in [1.807, 2.05) is 4.98 Å². The summed E-state index contributed by atoms with van der Waals surface area (Å²) < 4.78 is 41.6. The minimum absolute atomic E-state index is 0. The van der Waals surface area contributed by atoms with E-state index in [2.05, 4.69) is 20.9 Å². The van der Waals surface area contributed by atoms with Gasteiger partial charge in [-0.2, -0.15) is 0 Å². The summed E-state index contributed by atoms with van der Waals surface area (Å²) >= 11 is 1.78. The van der Waals surface area contributed by atoms with E-state index in [0.717, 1.165) is 10.8 Å². The lowest BCUT2D eigenvalue weighted by molar-refractivity contribution is -0.118. The second-order valence-corrected chi connectivity index (χ2v) is 13.1. The number of aromatic nitrogens is 2. The topological polar surface area (TPSA) is 320 Å². The molecular formula is C21H33IN4O17P2. The number of aliphatic hydroxyl groups is 4. The maximum atomic E-state index is 11.7. The van der Waals surface area contributed by atoms with Crippen molar-refractivity contribution >= 4 is 44.1 Å². The van der Waals surface area contributed by atoms with Gasteiger partial charge in [-0.1, -0.05) is 14.0 Å². The van der Waals surface area contributed by atoms with Gasteiger partial charge < -0.3 is 59.7 Å². The molecule has 1 amide bonds. The van der Waals surface area contributed by atoms with Crippen LogP contribution in [0.5, 0.6) is 0 Å². The van der Waals surface area contributed by atoms with Crippen molar-refractivity contribution in [3.05, 3.63) is 54.8 Å². The van der Waals surface area contributed by atoms with E-state index in [9.17, 15) is 43.9 Å². The van der Waals surface area contributed by atoms with Gasteiger partial charge in [-0.25, -0.2) is 13.9 Å². The Kier molecular flexibility index (Phi) is 13.4. The molecule has 0 aliphatic carbocycles. The van der Waals surface area contributed by atoms with Crippen molar-refractivity contribution in [1.29, 1.82) is 0 Å². The molecule has 8 atom stereocenters. The van der Waals surface area contributed by atoms with Crippen LogP contribution in [-0.2, 0) is 32.4 Å². The number of ether oxygens (including phenoxy) is 2. The van der Waals surface area contributed by atoms with E-state index in [4.69, 9.17) is 29.0 Å². The van der Waals surface area contributed by atoms with E-state index in [1.54, 1.807) is 22.6 Å². The minimum atomic E-state index is -4.77. The lowest BCUT2D eigenvalue weighted by atomic mass is 10.1. The first-order chi connectivity index (χ1) is 20.2. The molecule has 0 radical (unpaired) electrons. The Morgan fingerprint density at radius 1 is 0.911 bits per heavy atom. The summed E-state index contributed by atoms with van der Waals surface area (Å²) in [6, 6.07) is 0. The summed E-state index contributed by atoms with van der Waals surface area (Å²) in [7, 11) is -9.49. The number of aryl methyl sites for hydroxylation is 1. The van der Waals surface area contributed by atoms with Crippen LogP contribution < -0.4 is 16.6 Å². The average molecular weight is 802 g/mol. The quantitative estimate of drug-likeness (QED) is 0.0921. The van der Waals surface area contributed by atoms with Crippen molar-refractivity contribution in [1.82, 2.24) is 19.8 Å². The van der Waals surface area contributed by atoms with Gasteiger partial charge in [0, 0.05) is 18.0 Å². The Morgan fingerprint density at radius 2 is 1.38 bits per heavy atom. The van der Waals surface area contributed by atoms with Gasteiger partial charge in [0.25, 0.3) is 11.5 Å². The molecule has 4 rings (SSSR count). The van der Waals surface area contributed by atoms with Crippen molar-refractivity contribution < 1.29 is 72.4 Å². The third-order valence-corrected chi connectivity index (χ3v) is 7.96. The van der Waals surface area contributed by atoms with Gasteiger partial charge in [0.05, 0.1) is 16.8 Å². The number of phosphoric acid groups is 2. The predicted molar refractivity (Wildman–Crippen MR) is 157 cm³/mol. The Morgan fingerprint density at radius 3 is 1.87 bits per heavy atom. The summed E-state index contributed by atoms with van der Waals surface area (Å²) in [6.07, 6.45) is -8.19. The van der Waals surface area contributed by atoms with Gasteiger partial charge in [-0.15, -0.1) is 0 Å². The molecule has 2 unspecified atom stereocenters. The molecule has 3 aliphatic rings. The zero-order valence-corrected chi connectivity index (χ0v) is 26.3. The number of aromatic amines is 1. The standard InChI is InChI=1S/C10H14IN2O8P.C10H15N2O9P.CH4/c1-4-12-9(16)5(11)2-13(4)10-8(15)7(14)6(21-10)3-20-22(17,18)19;1-4-2-12(10(16)11-8(4)15)9-7(14)6(13)5(21-9)3-20-22(17,18)19;/h2,6-8,10,14-15H,1,3H2,(H,12,16)(H2,17,18,19);2,5-7,9,13-14H,3H2,1H3,(H,11,15,16)(H2,17,18,19);1H4/t6-,7-,8-,10?;5-,6-,7-,9?;/m11./s1. The van der Waals surface area contributed by atoms with Crippen LogP contribution in [-0.4, -0.2) is 116 Å². The highest BCUT2D eigenvalue weighted by Gasteiger charge is 2.47. The van der Waals surface area contributed by atoms with Crippen LogP contribution >= 0.6 is 38.2 Å². The van der Waals surface area contributed by atoms with Gasteiger partial charge in [0.15, 0.2) is 12.5 Å². The number of carbonyl (C=O) groups excluding carboxylic acids is 1. The van der Waals surface area contributed by atoms with Gasteiger partial charge in [-0.05, 0) is 29.5 Å². The summed E-state index contributed by atoms with van der Waals surface area (Å²) in [5.41, 5.74) is -1.28. The Hall–Kier alpha value is -1.86. The molecule has 0 bridgehead atoms. The molecule has 2 saturated heterocycles. The fourth-order valence-corrected chi connectivity index (χ4v) is 5.17. The van der Waals surface area contributed by atoms with E-state index in [-0.39, 0.29) is 24.7 Å². The zero-order chi connectivity index (χ0) is 33.3. The first-order valence-corrected chi connectivity index (χ1v) is 16.3. The molecule has 10 N–H and O–H groups in total. The van der Waals surface area contributed by atoms with Gasteiger partial charge in [0.1, 0.15) is 42.4 Å². The molecule has 24 heteroatoms. The number of aliphatic hydroxyl groups excluding tert-OH is 4. The van der Waals surface area contributed by atoms with Crippen molar-refractivity contribution in [3.63, 3.8) is 0 Å². The van der Waals surface area contributed by atoms with E-state index in [1.165, 1.54) is 18.0 Å². The molecule has 45 heavy (non-hydrogen) atoms. The number of H-pyrrole nitrogens is 1. The molecule has 0 spiro atoms. The van der Waals surface area contributed by atoms with Crippen molar-refractivity contribution in [2.24, 2.45) is 0 Å². The molecule has 1 aromatic rings. The highest BCUT2D eigenvalue weighted by atomic mass is 127. The lowest BCUT2D eigenvalue weighted by Gasteiger charge is -2.33. The fourth-order valence-electron chi connectivity index (χ4n) is 4.05. The van der Waals surface area contributed by atoms with Crippen molar-refractivity contribution in [2.75, 3.05) is 13.2 Å². The molecule has 1 aromatic heterocycles. The van der Waals surface area contributed by atoms with Crippen LogP contribution in [0.1, 0.15) is 19.2 Å². The third-order valence-electron chi connectivity index (χ3n) is 6.22. The SMILES string of the molecule is C.C=C1NC(=O)C(I)=CN1C1O[C@H](COP(=O)(O)O)[C@@H](O)[C@H]1O.Cc1cn(C2O[C@H](COP(=O)(O)O)[C@@H](O)[C@H]2O)c(=O)[nH]c1=O. The number of nitrogens with one attached hydrogen (secondary N) is 2. The second kappa shape index (κ2) is 15.4. The summed E-state index contributed by atoms with van der Waals surface area (Å²) in [6.45, 7) is 3.75. The molecule has 21 nitrogen and oxygen atoms in total. The normalized spacial score (nSPS) is 30.3. The fraction of sp³-hybridized carbons (Fsp3) is 0.571. The van der Waals surface area contributed by atoms with Crippen LogP contribution in [0.2, 0.25) is 0 Å². The largest absolute Gasteiger partial charge is 0.469 e. The number of rotatable bonds is 8. The van der Waals surface area contributed by atoms with Crippen LogP contribution in [0, 0.1) is 6.92 Å². The number of carbonyl (C=O) groups is 1. The smallest absolute Gasteiger partial charge is 0.387 e. The summed E-state index contributed by atoms with van der Waals surface area (Å²) in [5.74, 6) is -0.227. The highest BCUT2D eigenvalue weighted by molar-refractivity contribution is 14.1. The molecule has 256 valence electrons. The van der Waals surface area contributed by atoms with Crippen LogP contribution in [0.25, 0.3) is 0 Å². The Labute approximate surface area is 267 Å². The summed E-state index contributed by atoms with van der Waals surface area (Å²) in [4.78, 5) is 72.4. The number of hydrogen-bond acceptors (Lipinski definition) is 14. The maximum Gasteiger partial charge on any atom is 0.469 e. The number of phosphoric ester groups is 2. The number of nitrogens with zero attached hydrogens (tertiary/aromatic N) is 2. The molecule has 3 aliphatic heterocycles. The minimum Gasteiger partial charge on any atom is -0.387 e. The molecule has 2 fully saturated rings. The van der Waals surface area contributed by atoms with Gasteiger partial charge >= 0.3 is 21.3 Å². The Balaban J connectivity index is 0.000000307. The highest BCUT2D eigenvalue weighted by Crippen LogP contribution is 2.39. The molecule has 0 aromatic carbocycles. The second-order valence-electron chi connectivity index (χ2n) is 9.43. The van der Waals surface area contributed by atoms with E-state index >= 15 is 0 Å². The van der Waals surface area contributed by atoms with E-state index < -0.39 is 89.2 Å². The lowest BCUT2D eigenvalue weighted by Crippen LogP contribution is -2.47. The molecule has 4 heterocycles.